The maximum atomic E-state index is 12.8. The van der Waals surface area contributed by atoms with Gasteiger partial charge in [0.15, 0.2) is 0 Å². The van der Waals surface area contributed by atoms with Gasteiger partial charge in [0.05, 0.1) is 35.2 Å². The number of benzene rings is 3. The lowest BCUT2D eigenvalue weighted by Gasteiger charge is -2.31. The molecule has 6 nitrogen and oxygen atoms in total. The molecule has 3 aromatic carbocycles. The molecule has 1 atom stereocenters. The third-order valence-corrected chi connectivity index (χ3v) is 7.33. The summed E-state index contributed by atoms with van der Waals surface area (Å²) in [5.41, 5.74) is 5.88. The van der Waals surface area contributed by atoms with E-state index in [9.17, 15) is 4.79 Å². The van der Waals surface area contributed by atoms with Crippen molar-refractivity contribution in [2.24, 2.45) is 0 Å². The van der Waals surface area contributed by atoms with E-state index in [0.29, 0.717) is 0 Å². The first-order valence-corrected chi connectivity index (χ1v) is 12.2. The van der Waals surface area contributed by atoms with Crippen LogP contribution in [0.4, 0.5) is 10.5 Å². The maximum absolute atomic E-state index is 12.8. The topological polar surface area (TPSA) is 66.5 Å². The van der Waals surface area contributed by atoms with E-state index in [1.165, 1.54) is 5.69 Å². The number of para-hydroxylation sites is 1. The summed E-state index contributed by atoms with van der Waals surface area (Å²) in [6.07, 6.45) is 0. The monoisotopic (exact) mass is 468 g/mol. The number of nitrogens with one attached hydrogen (secondary N) is 2. The molecule has 2 N–H and O–H groups in total. The van der Waals surface area contributed by atoms with Gasteiger partial charge in [-0.05, 0) is 35.4 Å². The minimum absolute atomic E-state index is 0.217. The second kappa shape index (κ2) is 8.93. The minimum atomic E-state index is -0.316. The molecule has 3 heterocycles. The van der Waals surface area contributed by atoms with Gasteiger partial charge in [0.25, 0.3) is 0 Å². The zero-order valence-electron chi connectivity index (χ0n) is 18.5. The molecule has 0 radical (unpaired) electrons. The van der Waals surface area contributed by atoms with Gasteiger partial charge in [-0.1, -0.05) is 54.6 Å². The Hall–Kier alpha value is -3.68. The molecule has 1 saturated heterocycles. The number of anilines is 1. The number of thiazole rings is 1. The highest BCUT2D eigenvalue weighted by Crippen LogP contribution is 2.41. The van der Waals surface area contributed by atoms with Crippen LogP contribution in [0.2, 0.25) is 0 Å². The van der Waals surface area contributed by atoms with Crippen molar-refractivity contribution in [3.05, 3.63) is 95.0 Å². The van der Waals surface area contributed by atoms with Gasteiger partial charge in [-0.3, -0.25) is 0 Å². The number of aromatic nitrogens is 1. The van der Waals surface area contributed by atoms with Gasteiger partial charge >= 0.3 is 6.03 Å². The summed E-state index contributed by atoms with van der Waals surface area (Å²) in [5.74, 6) is 0. The van der Waals surface area contributed by atoms with Gasteiger partial charge in [0.1, 0.15) is 5.01 Å². The van der Waals surface area contributed by atoms with Crippen LogP contribution in [-0.4, -0.2) is 37.3 Å². The van der Waals surface area contributed by atoms with Crippen molar-refractivity contribution < 1.29 is 9.53 Å². The summed E-state index contributed by atoms with van der Waals surface area (Å²) in [6.45, 7) is 3.27. The van der Waals surface area contributed by atoms with E-state index < -0.39 is 0 Å². The number of hydrogen-bond acceptors (Lipinski definition) is 5. The predicted octanol–water partition coefficient (Wildman–Crippen LogP) is 5.06. The number of urea groups is 1. The standard InChI is InChI=1S/C27H24N4O2S/c32-27-29-24(18-6-2-1-3-7-18)23(26-28-21-8-4-5-9-22(21)34-26)25(30-27)19-10-12-20(13-11-19)31-14-16-33-17-15-31/h1-13,25H,14-17H2,(H2,29,30,32)/t25-/m1/s1. The molecular formula is C27H24N4O2S. The zero-order chi connectivity index (χ0) is 22.9. The fourth-order valence-corrected chi connectivity index (χ4v) is 5.61. The van der Waals surface area contributed by atoms with E-state index in [2.05, 4.69) is 45.9 Å². The molecule has 4 aromatic rings. The quantitative estimate of drug-likeness (QED) is 0.440. The van der Waals surface area contributed by atoms with Gasteiger partial charge in [0, 0.05) is 24.4 Å². The van der Waals surface area contributed by atoms with Crippen LogP contribution in [0.25, 0.3) is 21.5 Å². The summed E-state index contributed by atoms with van der Waals surface area (Å²) in [6, 6.07) is 26.1. The fraction of sp³-hybridized carbons (Fsp3) is 0.185. The smallest absolute Gasteiger partial charge is 0.320 e. The molecule has 0 unspecified atom stereocenters. The molecule has 7 heteroatoms. The Labute approximate surface area is 201 Å². The van der Waals surface area contributed by atoms with Crippen LogP contribution in [0.15, 0.2) is 78.9 Å². The summed E-state index contributed by atoms with van der Waals surface area (Å²) in [7, 11) is 0. The average molecular weight is 469 g/mol. The van der Waals surface area contributed by atoms with Crippen LogP contribution >= 0.6 is 11.3 Å². The summed E-state index contributed by atoms with van der Waals surface area (Å²) in [4.78, 5) is 20.1. The van der Waals surface area contributed by atoms with E-state index in [4.69, 9.17) is 9.72 Å². The molecule has 1 aromatic heterocycles. The molecule has 2 aliphatic heterocycles. The third kappa shape index (κ3) is 3.93. The highest BCUT2D eigenvalue weighted by atomic mass is 32.1. The van der Waals surface area contributed by atoms with Crippen molar-refractivity contribution in [1.29, 1.82) is 0 Å². The van der Waals surface area contributed by atoms with Crippen molar-refractivity contribution in [2.45, 2.75) is 6.04 Å². The average Bonchev–Trinajstić information content (AvgIpc) is 3.33. The van der Waals surface area contributed by atoms with E-state index in [1.807, 2.05) is 48.5 Å². The first kappa shape index (κ1) is 20.9. The first-order valence-electron chi connectivity index (χ1n) is 11.4. The number of hydrogen-bond donors (Lipinski definition) is 2. The number of fused-ring (bicyclic) bond motifs is 1. The number of morpholine rings is 1. The van der Waals surface area contributed by atoms with Gasteiger partial charge in [0.2, 0.25) is 0 Å². The largest absolute Gasteiger partial charge is 0.378 e. The Kier molecular flexibility index (Phi) is 5.49. The van der Waals surface area contributed by atoms with Gasteiger partial charge < -0.3 is 20.3 Å². The SMILES string of the molecule is O=C1NC(c2ccccc2)=C(c2nc3ccccc3s2)[C@@H](c2ccc(N3CCOCC3)cc2)N1. The van der Waals surface area contributed by atoms with E-state index >= 15 is 0 Å². The Balaban J connectivity index is 1.47. The molecule has 170 valence electrons. The maximum Gasteiger partial charge on any atom is 0.320 e. The number of nitrogens with zero attached hydrogens (tertiary/aromatic N) is 2. The second-order valence-electron chi connectivity index (χ2n) is 8.36. The van der Waals surface area contributed by atoms with Crippen LogP contribution in [0.3, 0.4) is 0 Å². The fourth-order valence-electron chi connectivity index (χ4n) is 4.56. The van der Waals surface area contributed by atoms with Crippen molar-refractivity contribution in [1.82, 2.24) is 15.6 Å². The molecule has 6 rings (SSSR count). The Morgan fingerprint density at radius 1 is 0.912 bits per heavy atom. The van der Waals surface area contributed by atoms with Crippen molar-refractivity contribution >= 4 is 44.5 Å². The molecular weight excluding hydrogens is 444 g/mol. The summed E-state index contributed by atoms with van der Waals surface area (Å²) >= 11 is 1.65. The molecule has 2 amide bonds. The van der Waals surface area contributed by atoms with Crippen LogP contribution in [0.1, 0.15) is 22.2 Å². The molecule has 0 spiro atoms. The van der Waals surface area contributed by atoms with Crippen LogP contribution in [-0.2, 0) is 4.74 Å². The van der Waals surface area contributed by atoms with E-state index in [-0.39, 0.29) is 12.1 Å². The number of ether oxygens (including phenoxy) is 1. The minimum Gasteiger partial charge on any atom is -0.378 e. The molecule has 0 saturated carbocycles. The highest BCUT2D eigenvalue weighted by molar-refractivity contribution is 7.19. The number of amides is 2. The van der Waals surface area contributed by atoms with Crippen LogP contribution in [0, 0.1) is 0 Å². The first-order chi connectivity index (χ1) is 16.8. The Bertz CT molecular complexity index is 1330. The van der Waals surface area contributed by atoms with Crippen molar-refractivity contribution in [3.8, 4) is 0 Å². The second-order valence-corrected chi connectivity index (χ2v) is 9.39. The Morgan fingerprint density at radius 2 is 1.65 bits per heavy atom. The highest BCUT2D eigenvalue weighted by Gasteiger charge is 2.32. The number of carbonyl (C=O) groups is 1. The van der Waals surface area contributed by atoms with E-state index in [1.54, 1.807) is 11.3 Å². The molecule has 0 bridgehead atoms. The van der Waals surface area contributed by atoms with E-state index in [0.717, 1.165) is 63.9 Å². The lowest BCUT2D eigenvalue weighted by Crippen LogP contribution is -2.43. The molecule has 34 heavy (non-hydrogen) atoms. The lowest BCUT2D eigenvalue weighted by molar-refractivity contribution is 0.122. The predicted molar refractivity (Wildman–Crippen MR) is 137 cm³/mol. The van der Waals surface area contributed by atoms with Crippen molar-refractivity contribution in [3.63, 3.8) is 0 Å². The number of rotatable bonds is 4. The van der Waals surface area contributed by atoms with Crippen LogP contribution < -0.4 is 15.5 Å². The molecule has 0 aliphatic carbocycles. The van der Waals surface area contributed by atoms with Gasteiger partial charge in [-0.2, -0.15) is 0 Å². The molecule has 1 fully saturated rings. The lowest BCUT2D eigenvalue weighted by atomic mass is 9.93. The molecule has 2 aliphatic rings. The van der Waals surface area contributed by atoms with Crippen LogP contribution in [0.5, 0.6) is 0 Å². The summed E-state index contributed by atoms with van der Waals surface area (Å²) < 4.78 is 6.61. The summed E-state index contributed by atoms with van der Waals surface area (Å²) in [5, 5.41) is 7.11. The number of carbonyl (C=O) groups excluding carboxylic acids is 1. The van der Waals surface area contributed by atoms with Crippen molar-refractivity contribution in [2.75, 3.05) is 31.2 Å². The van der Waals surface area contributed by atoms with Gasteiger partial charge in [-0.25, -0.2) is 9.78 Å². The third-order valence-electron chi connectivity index (χ3n) is 6.26. The Morgan fingerprint density at radius 3 is 2.41 bits per heavy atom. The van der Waals surface area contributed by atoms with Gasteiger partial charge in [-0.15, -0.1) is 11.3 Å². The normalized spacial score (nSPS) is 18.6. The zero-order valence-corrected chi connectivity index (χ0v) is 19.3.